The van der Waals surface area contributed by atoms with Crippen LogP contribution in [0.5, 0.6) is 0 Å². The molecular formula is C20H29N3O3. The SMILES string of the molecule is CC(C)CN1CC[C@H](C(=O)Nc2cccc(C(=O)N3CCOCC3)c2)C1. The summed E-state index contributed by atoms with van der Waals surface area (Å²) >= 11 is 0. The minimum Gasteiger partial charge on any atom is -0.378 e. The molecule has 2 aliphatic rings. The average Bonchev–Trinajstić information content (AvgIpc) is 3.10. The second kappa shape index (κ2) is 8.64. The highest BCUT2D eigenvalue weighted by Crippen LogP contribution is 2.20. The van der Waals surface area contributed by atoms with Crippen LogP contribution in [0, 0.1) is 11.8 Å². The second-order valence-electron chi connectivity index (χ2n) is 7.61. The number of amides is 2. The van der Waals surface area contributed by atoms with Crippen LogP contribution < -0.4 is 5.32 Å². The molecule has 3 rings (SSSR count). The Morgan fingerprint density at radius 1 is 1.23 bits per heavy atom. The molecule has 1 aromatic rings. The molecule has 0 unspecified atom stereocenters. The van der Waals surface area contributed by atoms with E-state index >= 15 is 0 Å². The third kappa shape index (κ3) is 4.83. The Bertz CT molecular complexity index is 641. The summed E-state index contributed by atoms with van der Waals surface area (Å²) in [5.74, 6) is 0.674. The Hall–Kier alpha value is -1.92. The number of benzene rings is 1. The van der Waals surface area contributed by atoms with E-state index in [-0.39, 0.29) is 17.7 Å². The van der Waals surface area contributed by atoms with Crippen LogP contribution >= 0.6 is 0 Å². The zero-order valence-corrected chi connectivity index (χ0v) is 15.7. The van der Waals surface area contributed by atoms with Gasteiger partial charge in [0, 0.05) is 37.4 Å². The summed E-state index contributed by atoms with van der Waals surface area (Å²) in [6.07, 6.45) is 0.894. The maximum atomic E-state index is 12.6. The molecule has 6 nitrogen and oxygen atoms in total. The van der Waals surface area contributed by atoms with Crippen molar-refractivity contribution in [3.05, 3.63) is 29.8 Å². The van der Waals surface area contributed by atoms with E-state index in [1.165, 1.54) is 0 Å². The predicted octanol–water partition coefficient (Wildman–Crippen LogP) is 2.08. The number of hydrogen-bond acceptors (Lipinski definition) is 4. The molecule has 0 aromatic heterocycles. The summed E-state index contributed by atoms with van der Waals surface area (Å²) in [5.41, 5.74) is 1.30. The van der Waals surface area contributed by atoms with Crippen LogP contribution in [0.3, 0.4) is 0 Å². The van der Waals surface area contributed by atoms with Crippen molar-refractivity contribution in [2.75, 3.05) is 51.3 Å². The molecular weight excluding hydrogens is 330 g/mol. The van der Waals surface area contributed by atoms with Gasteiger partial charge in [-0.3, -0.25) is 9.59 Å². The van der Waals surface area contributed by atoms with Crippen molar-refractivity contribution in [3.63, 3.8) is 0 Å². The Kier molecular flexibility index (Phi) is 6.27. The van der Waals surface area contributed by atoms with E-state index in [2.05, 4.69) is 24.1 Å². The van der Waals surface area contributed by atoms with Crippen molar-refractivity contribution in [2.45, 2.75) is 20.3 Å². The predicted molar refractivity (Wildman–Crippen MR) is 101 cm³/mol. The van der Waals surface area contributed by atoms with Gasteiger partial charge in [-0.05, 0) is 37.1 Å². The van der Waals surface area contributed by atoms with Crippen LogP contribution in [-0.4, -0.2) is 67.6 Å². The summed E-state index contributed by atoms with van der Waals surface area (Å²) in [6, 6.07) is 7.24. The summed E-state index contributed by atoms with van der Waals surface area (Å²) < 4.78 is 5.30. The van der Waals surface area contributed by atoms with E-state index in [9.17, 15) is 9.59 Å². The lowest BCUT2D eigenvalue weighted by molar-refractivity contribution is -0.119. The molecule has 1 aromatic carbocycles. The van der Waals surface area contributed by atoms with Crippen LogP contribution in [0.4, 0.5) is 5.69 Å². The highest BCUT2D eigenvalue weighted by Gasteiger charge is 2.28. The van der Waals surface area contributed by atoms with Crippen LogP contribution in [0.1, 0.15) is 30.6 Å². The fraction of sp³-hybridized carbons (Fsp3) is 0.600. The van der Waals surface area contributed by atoms with Gasteiger partial charge in [0.2, 0.25) is 5.91 Å². The van der Waals surface area contributed by atoms with E-state index in [1.54, 1.807) is 17.0 Å². The molecule has 0 bridgehead atoms. The first-order valence-electron chi connectivity index (χ1n) is 9.53. The van der Waals surface area contributed by atoms with Crippen molar-refractivity contribution >= 4 is 17.5 Å². The molecule has 0 saturated carbocycles. The van der Waals surface area contributed by atoms with E-state index in [0.29, 0.717) is 43.5 Å². The van der Waals surface area contributed by atoms with Gasteiger partial charge in [-0.25, -0.2) is 0 Å². The van der Waals surface area contributed by atoms with Gasteiger partial charge in [-0.1, -0.05) is 19.9 Å². The maximum absolute atomic E-state index is 12.6. The smallest absolute Gasteiger partial charge is 0.254 e. The third-order valence-electron chi connectivity index (χ3n) is 4.94. The Morgan fingerprint density at radius 2 is 2.00 bits per heavy atom. The summed E-state index contributed by atoms with van der Waals surface area (Å²) in [5, 5.41) is 2.99. The quantitative estimate of drug-likeness (QED) is 0.874. The monoisotopic (exact) mass is 359 g/mol. The number of likely N-dealkylation sites (tertiary alicyclic amines) is 1. The average molecular weight is 359 g/mol. The van der Waals surface area contributed by atoms with Crippen LogP contribution in [0.15, 0.2) is 24.3 Å². The molecule has 1 atom stereocenters. The maximum Gasteiger partial charge on any atom is 0.254 e. The number of anilines is 1. The molecule has 0 spiro atoms. The van der Waals surface area contributed by atoms with Crippen LogP contribution in [0.25, 0.3) is 0 Å². The lowest BCUT2D eigenvalue weighted by Crippen LogP contribution is -2.40. The molecule has 26 heavy (non-hydrogen) atoms. The molecule has 0 radical (unpaired) electrons. The summed E-state index contributed by atoms with van der Waals surface area (Å²) in [6.45, 7) is 9.62. The number of nitrogens with one attached hydrogen (secondary N) is 1. The van der Waals surface area contributed by atoms with Gasteiger partial charge in [0.1, 0.15) is 0 Å². The van der Waals surface area contributed by atoms with E-state index in [0.717, 1.165) is 26.1 Å². The zero-order valence-electron chi connectivity index (χ0n) is 15.7. The minimum atomic E-state index is -0.00614. The number of hydrogen-bond donors (Lipinski definition) is 1. The van der Waals surface area contributed by atoms with E-state index in [1.807, 2.05) is 12.1 Å². The first-order chi connectivity index (χ1) is 12.5. The molecule has 0 aliphatic carbocycles. The first-order valence-corrected chi connectivity index (χ1v) is 9.53. The van der Waals surface area contributed by atoms with Crippen molar-refractivity contribution in [3.8, 4) is 0 Å². The number of carbonyl (C=O) groups is 2. The van der Waals surface area contributed by atoms with Gasteiger partial charge in [0.25, 0.3) is 5.91 Å². The lowest BCUT2D eigenvalue weighted by Gasteiger charge is -2.27. The number of carbonyl (C=O) groups excluding carboxylic acids is 2. The molecule has 2 heterocycles. The largest absolute Gasteiger partial charge is 0.378 e. The van der Waals surface area contributed by atoms with E-state index in [4.69, 9.17) is 4.74 Å². The van der Waals surface area contributed by atoms with Crippen LogP contribution in [-0.2, 0) is 9.53 Å². The molecule has 2 amide bonds. The lowest BCUT2D eigenvalue weighted by atomic mass is 10.1. The third-order valence-corrected chi connectivity index (χ3v) is 4.94. The standard InChI is InChI=1S/C20H29N3O3/c1-15(2)13-22-7-6-17(14-22)19(24)21-18-5-3-4-16(12-18)20(25)23-8-10-26-11-9-23/h3-5,12,15,17H,6-11,13-14H2,1-2H3,(H,21,24)/t17-/m0/s1. The number of morpholine rings is 1. The molecule has 2 saturated heterocycles. The fourth-order valence-electron chi connectivity index (χ4n) is 3.65. The summed E-state index contributed by atoms with van der Waals surface area (Å²) in [7, 11) is 0. The number of nitrogens with zero attached hydrogens (tertiary/aromatic N) is 2. The molecule has 142 valence electrons. The van der Waals surface area contributed by atoms with Crippen LogP contribution in [0.2, 0.25) is 0 Å². The molecule has 2 fully saturated rings. The van der Waals surface area contributed by atoms with Gasteiger partial charge in [-0.2, -0.15) is 0 Å². The molecule has 6 heteroatoms. The van der Waals surface area contributed by atoms with Gasteiger partial charge in [0.15, 0.2) is 0 Å². The molecule has 2 aliphatic heterocycles. The van der Waals surface area contributed by atoms with Gasteiger partial charge < -0.3 is 19.9 Å². The minimum absolute atomic E-state index is 0.00614. The van der Waals surface area contributed by atoms with Gasteiger partial charge in [-0.15, -0.1) is 0 Å². The van der Waals surface area contributed by atoms with Crippen molar-refractivity contribution in [1.29, 1.82) is 0 Å². The first kappa shape index (κ1) is 18.9. The highest BCUT2D eigenvalue weighted by atomic mass is 16.5. The molecule has 1 N–H and O–H groups in total. The van der Waals surface area contributed by atoms with Gasteiger partial charge in [0.05, 0.1) is 19.1 Å². The second-order valence-corrected chi connectivity index (χ2v) is 7.61. The Morgan fingerprint density at radius 3 is 2.73 bits per heavy atom. The summed E-state index contributed by atoms with van der Waals surface area (Å²) in [4.78, 5) is 29.3. The Balaban J connectivity index is 1.58. The topological polar surface area (TPSA) is 61.9 Å². The van der Waals surface area contributed by atoms with Crippen molar-refractivity contribution in [2.24, 2.45) is 11.8 Å². The Labute approximate surface area is 155 Å². The van der Waals surface area contributed by atoms with Gasteiger partial charge >= 0.3 is 0 Å². The number of ether oxygens (including phenoxy) is 1. The fourth-order valence-corrected chi connectivity index (χ4v) is 3.65. The zero-order chi connectivity index (χ0) is 18.5. The highest BCUT2D eigenvalue weighted by molar-refractivity contribution is 5.97. The van der Waals surface area contributed by atoms with Crippen molar-refractivity contribution < 1.29 is 14.3 Å². The number of rotatable bonds is 5. The normalized spacial score (nSPS) is 21.2. The van der Waals surface area contributed by atoms with Crippen molar-refractivity contribution in [1.82, 2.24) is 9.80 Å². The van der Waals surface area contributed by atoms with E-state index < -0.39 is 0 Å².